The number of para-hydroxylation sites is 2. The van der Waals surface area contributed by atoms with Gasteiger partial charge < -0.3 is 14.5 Å². The zero-order chi connectivity index (χ0) is 29.0. The molecule has 0 aliphatic carbocycles. The van der Waals surface area contributed by atoms with Crippen LogP contribution in [0.3, 0.4) is 0 Å². The van der Waals surface area contributed by atoms with Crippen molar-refractivity contribution in [3.63, 3.8) is 0 Å². The lowest BCUT2D eigenvalue weighted by molar-refractivity contribution is -0.124. The van der Waals surface area contributed by atoms with E-state index in [1.54, 1.807) is 56.3 Å². The van der Waals surface area contributed by atoms with E-state index >= 15 is 0 Å². The van der Waals surface area contributed by atoms with Gasteiger partial charge in [-0.05, 0) is 67.9 Å². The van der Waals surface area contributed by atoms with Gasteiger partial charge in [0.1, 0.15) is 5.52 Å². The largest absolute Gasteiger partial charge is 0.449 e. The molecule has 0 bridgehead atoms. The van der Waals surface area contributed by atoms with Crippen molar-refractivity contribution in [2.24, 2.45) is 0 Å². The molecule has 0 spiro atoms. The summed E-state index contributed by atoms with van der Waals surface area (Å²) in [6, 6.07) is 21.1. The van der Waals surface area contributed by atoms with Crippen molar-refractivity contribution in [2.45, 2.75) is 31.3 Å². The van der Waals surface area contributed by atoms with Gasteiger partial charge >= 0.3 is 5.97 Å². The smallest absolute Gasteiger partial charge is 0.339 e. The minimum atomic E-state index is -3.95. The molecule has 3 aromatic carbocycles. The van der Waals surface area contributed by atoms with Crippen molar-refractivity contribution < 1.29 is 27.2 Å². The number of rotatable bonds is 9. The van der Waals surface area contributed by atoms with Gasteiger partial charge in [-0.15, -0.1) is 0 Å². The molecular weight excluding hydrogens is 546 g/mol. The molecule has 11 nitrogen and oxygen atoms in total. The summed E-state index contributed by atoms with van der Waals surface area (Å²) in [5, 5.41) is 2.66. The summed E-state index contributed by atoms with van der Waals surface area (Å²) < 4.78 is 39.1. The number of carbonyl (C=O) groups is 2. The maximum Gasteiger partial charge on any atom is 0.339 e. The normalized spacial score (nSPS) is 12.0. The van der Waals surface area contributed by atoms with Gasteiger partial charge in [0.05, 0.1) is 16.0 Å². The van der Waals surface area contributed by atoms with Crippen LogP contribution in [0.1, 0.15) is 29.4 Å². The predicted octanol–water partition coefficient (Wildman–Crippen LogP) is 4.97. The average Bonchev–Trinajstić information content (AvgIpc) is 3.40. The van der Waals surface area contributed by atoms with Crippen LogP contribution in [0.2, 0.25) is 0 Å². The van der Waals surface area contributed by atoms with Gasteiger partial charge in [-0.1, -0.05) is 31.2 Å². The van der Waals surface area contributed by atoms with E-state index in [4.69, 9.17) is 9.15 Å². The molecule has 2 heterocycles. The quantitative estimate of drug-likeness (QED) is 0.233. The number of aryl methyl sites for hydroxylation is 1. The number of amides is 1. The van der Waals surface area contributed by atoms with Crippen LogP contribution in [0.5, 0.6) is 0 Å². The number of nitrogens with one attached hydrogen (secondary N) is 2. The number of aromatic nitrogens is 3. The van der Waals surface area contributed by atoms with Gasteiger partial charge in [0, 0.05) is 17.6 Å². The molecular formula is C29H25N5O6S. The zero-order valence-electron chi connectivity index (χ0n) is 22.1. The molecule has 0 aliphatic heterocycles. The van der Waals surface area contributed by atoms with Crippen LogP contribution in [0, 0.1) is 6.92 Å². The molecule has 1 unspecified atom stereocenters. The highest BCUT2D eigenvalue weighted by molar-refractivity contribution is 7.92. The Morgan fingerprint density at radius 2 is 1.68 bits per heavy atom. The van der Waals surface area contributed by atoms with Crippen molar-refractivity contribution >= 4 is 44.6 Å². The fourth-order valence-corrected chi connectivity index (χ4v) is 4.92. The van der Waals surface area contributed by atoms with Gasteiger partial charge in [0.2, 0.25) is 11.8 Å². The first-order valence-electron chi connectivity index (χ1n) is 12.6. The molecule has 2 N–H and O–H groups in total. The van der Waals surface area contributed by atoms with Crippen LogP contribution in [0.15, 0.2) is 94.4 Å². The summed E-state index contributed by atoms with van der Waals surface area (Å²) >= 11 is 0. The van der Waals surface area contributed by atoms with Crippen LogP contribution in [0.4, 0.5) is 11.6 Å². The summed E-state index contributed by atoms with van der Waals surface area (Å²) in [5.41, 5.74) is 2.79. The van der Waals surface area contributed by atoms with Gasteiger partial charge in [0.15, 0.2) is 11.7 Å². The van der Waals surface area contributed by atoms with Crippen molar-refractivity contribution in [3.05, 3.63) is 96.3 Å². The maximum atomic E-state index is 13.2. The highest BCUT2D eigenvalue weighted by Crippen LogP contribution is 2.28. The summed E-state index contributed by atoms with van der Waals surface area (Å²) in [4.78, 5) is 38.5. The summed E-state index contributed by atoms with van der Waals surface area (Å²) in [5.74, 6) is -1.07. The molecule has 0 saturated carbocycles. The molecule has 5 aromatic rings. The van der Waals surface area contributed by atoms with Gasteiger partial charge in [-0.25, -0.2) is 32.9 Å². The first-order chi connectivity index (χ1) is 19.7. The van der Waals surface area contributed by atoms with E-state index in [1.807, 2.05) is 12.1 Å². The molecule has 1 atom stereocenters. The highest BCUT2D eigenvalue weighted by atomic mass is 32.2. The molecule has 2 aromatic heterocycles. The molecule has 1 amide bonds. The van der Waals surface area contributed by atoms with E-state index in [2.05, 4.69) is 25.0 Å². The number of sulfonamides is 1. The van der Waals surface area contributed by atoms with Crippen molar-refractivity contribution in [2.75, 3.05) is 10.0 Å². The Morgan fingerprint density at radius 1 is 0.951 bits per heavy atom. The first-order valence-corrected chi connectivity index (χ1v) is 14.1. The van der Waals surface area contributed by atoms with E-state index in [1.165, 1.54) is 30.5 Å². The number of esters is 1. The second kappa shape index (κ2) is 11.6. The molecule has 0 saturated heterocycles. The second-order valence-electron chi connectivity index (χ2n) is 8.98. The zero-order valence-corrected chi connectivity index (χ0v) is 22.9. The average molecular weight is 572 g/mol. The number of oxazole rings is 1. The lowest BCUT2D eigenvalue weighted by Gasteiger charge is -2.17. The monoisotopic (exact) mass is 571 g/mol. The lowest BCUT2D eigenvalue weighted by Crippen LogP contribution is -2.32. The fourth-order valence-electron chi connectivity index (χ4n) is 3.97. The lowest BCUT2D eigenvalue weighted by atomic mass is 10.1. The minimum absolute atomic E-state index is 0.0464. The Bertz CT molecular complexity index is 1800. The summed E-state index contributed by atoms with van der Waals surface area (Å²) in [6.45, 7) is 3.42. The number of hydrogen-bond donors (Lipinski definition) is 2. The molecule has 0 radical (unpaired) electrons. The fraction of sp³-hybridized carbons (Fsp3) is 0.138. The van der Waals surface area contributed by atoms with E-state index in [0.29, 0.717) is 28.0 Å². The van der Waals surface area contributed by atoms with Crippen LogP contribution in [-0.2, 0) is 19.6 Å². The van der Waals surface area contributed by atoms with Gasteiger partial charge in [-0.3, -0.25) is 4.79 Å². The van der Waals surface area contributed by atoms with E-state index < -0.39 is 28.0 Å². The predicted molar refractivity (Wildman–Crippen MR) is 152 cm³/mol. The number of carbonyl (C=O) groups excluding carboxylic acids is 2. The van der Waals surface area contributed by atoms with Gasteiger partial charge in [-0.2, -0.15) is 0 Å². The number of fused-ring (bicyclic) bond motifs is 1. The van der Waals surface area contributed by atoms with Crippen LogP contribution >= 0.6 is 0 Å². The highest BCUT2D eigenvalue weighted by Gasteiger charge is 2.25. The number of nitrogens with zero attached hydrogens (tertiary/aromatic N) is 3. The van der Waals surface area contributed by atoms with Crippen molar-refractivity contribution in [1.82, 2.24) is 15.0 Å². The second-order valence-corrected chi connectivity index (χ2v) is 10.7. The molecule has 0 aliphatic rings. The van der Waals surface area contributed by atoms with E-state index in [0.717, 1.165) is 0 Å². The molecule has 0 fully saturated rings. The van der Waals surface area contributed by atoms with E-state index in [9.17, 15) is 18.0 Å². The Kier molecular flexibility index (Phi) is 7.74. The Morgan fingerprint density at radius 3 is 2.41 bits per heavy atom. The minimum Gasteiger partial charge on any atom is -0.449 e. The van der Waals surface area contributed by atoms with Crippen LogP contribution in [-0.4, -0.2) is 41.4 Å². The molecule has 208 valence electrons. The number of anilines is 2. The van der Waals surface area contributed by atoms with Gasteiger partial charge in [0.25, 0.3) is 15.9 Å². The van der Waals surface area contributed by atoms with Crippen LogP contribution < -0.4 is 10.0 Å². The Balaban J connectivity index is 1.27. The SMILES string of the molecule is CCC(OC(=O)c1ccccc1-c1nc2ccccc2o1)C(=O)Nc1ccc(S(=O)(=O)Nc2nccc(C)n2)cc1. The summed E-state index contributed by atoms with van der Waals surface area (Å²) in [6.07, 6.45) is 0.544. The number of benzene rings is 3. The molecule has 41 heavy (non-hydrogen) atoms. The Hall–Kier alpha value is -5.10. The van der Waals surface area contributed by atoms with E-state index in [-0.39, 0.29) is 28.7 Å². The molecule has 12 heteroatoms. The number of hydrogen-bond acceptors (Lipinski definition) is 9. The maximum absolute atomic E-state index is 13.2. The standard InChI is InChI=1S/C29H25N5O6S/c1-3-24(40-28(36)22-9-5-4-8-21(22)27-33-23-10-6-7-11-25(23)39-27)26(35)32-19-12-14-20(15-13-19)41(37,38)34-29-30-17-16-18(2)31-29/h4-17,24H,3H2,1-2H3,(H,32,35)(H,30,31,34). The third-order valence-corrected chi connectivity index (χ3v) is 7.38. The summed E-state index contributed by atoms with van der Waals surface area (Å²) in [7, 11) is -3.95. The van der Waals surface area contributed by atoms with Crippen molar-refractivity contribution in [1.29, 1.82) is 0 Å². The van der Waals surface area contributed by atoms with Crippen molar-refractivity contribution in [3.8, 4) is 11.5 Å². The Labute approximate surface area is 235 Å². The first kappa shape index (κ1) is 27.5. The number of ether oxygens (including phenoxy) is 1. The third-order valence-electron chi connectivity index (χ3n) is 6.04. The topological polar surface area (TPSA) is 153 Å². The third kappa shape index (κ3) is 6.23. The molecule has 5 rings (SSSR count). The van der Waals surface area contributed by atoms with Crippen LogP contribution in [0.25, 0.3) is 22.6 Å².